The van der Waals surface area contributed by atoms with Gasteiger partial charge in [0.25, 0.3) is 0 Å². The highest BCUT2D eigenvalue weighted by molar-refractivity contribution is 7.80. The Balaban J connectivity index is 1.93. The second-order valence-corrected chi connectivity index (χ2v) is 6.34. The molecule has 2 N–H and O–H groups in total. The van der Waals surface area contributed by atoms with Crippen LogP contribution >= 0.6 is 35.4 Å². The van der Waals surface area contributed by atoms with Crippen molar-refractivity contribution in [2.45, 2.75) is 38.6 Å². The molecule has 1 fully saturated rings. The molecule has 0 amide bonds. The van der Waals surface area contributed by atoms with E-state index in [0.717, 1.165) is 5.69 Å². The number of hydrogen-bond donors (Lipinski definition) is 2. The van der Waals surface area contributed by atoms with E-state index in [0.29, 0.717) is 27.1 Å². The summed E-state index contributed by atoms with van der Waals surface area (Å²) < 4.78 is 0. The van der Waals surface area contributed by atoms with Gasteiger partial charge in [0.1, 0.15) is 0 Å². The van der Waals surface area contributed by atoms with Crippen molar-refractivity contribution in [3.8, 4) is 0 Å². The molecule has 1 aromatic carbocycles. The minimum absolute atomic E-state index is 0.458. The average Bonchev–Trinajstić information content (AvgIpc) is 2.36. The normalized spacial score (nSPS) is 22.9. The van der Waals surface area contributed by atoms with Gasteiger partial charge < -0.3 is 10.6 Å². The fourth-order valence-corrected chi connectivity index (χ4v) is 3.17. The fourth-order valence-electron chi connectivity index (χ4n) is 2.45. The van der Waals surface area contributed by atoms with Gasteiger partial charge in [0.05, 0.1) is 10.7 Å². The summed E-state index contributed by atoms with van der Waals surface area (Å²) in [6.45, 7) is 2.27. The predicted molar refractivity (Wildman–Crippen MR) is 87.2 cm³/mol. The van der Waals surface area contributed by atoms with Crippen molar-refractivity contribution in [3.63, 3.8) is 0 Å². The van der Waals surface area contributed by atoms with Crippen LogP contribution in [-0.2, 0) is 0 Å². The monoisotopic (exact) mass is 316 g/mol. The molecule has 1 aliphatic rings. The Morgan fingerprint density at radius 2 is 2.00 bits per heavy atom. The Morgan fingerprint density at radius 3 is 2.68 bits per heavy atom. The average molecular weight is 317 g/mol. The summed E-state index contributed by atoms with van der Waals surface area (Å²) in [4.78, 5) is 0. The zero-order valence-electron chi connectivity index (χ0n) is 10.9. The molecule has 5 heteroatoms. The number of rotatable bonds is 2. The first kappa shape index (κ1) is 14.9. The quantitative estimate of drug-likeness (QED) is 0.762. The van der Waals surface area contributed by atoms with Crippen LogP contribution < -0.4 is 10.6 Å². The van der Waals surface area contributed by atoms with Crippen molar-refractivity contribution in [1.82, 2.24) is 5.32 Å². The van der Waals surface area contributed by atoms with Crippen molar-refractivity contribution in [3.05, 3.63) is 28.2 Å². The molecule has 1 aromatic rings. The lowest BCUT2D eigenvalue weighted by molar-refractivity contribution is 0.309. The maximum absolute atomic E-state index is 6.11. The van der Waals surface area contributed by atoms with Crippen LogP contribution in [0.5, 0.6) is 0 Å². The first-order valence-electron chi connectivity index (χ1n) is 6.59. The highest BCUT2D eigenvalue weighted by atomic mass is 35.5. The molecule has 1 aliphatic carbocycles. The number of hydrogen-bond acceptors (Lipinski definition) is 1. The summed E-state index contributed by atoms with van der Waals surface area (Å²) >= 11 is 17.3. The standard InChI is InChI=1S/C14H18Cl2N2S/c1-9-4-2-3-5-12(9)17-14(19)18-13-7-6-10(15)8-11(13)16/h6-9,12H,2-5H2,1H3,(H2,17,18,19)/t9-,12+/m0/s1. The highest BCUT2D eigenvalue weighted by Crippen LogP contribution is 2.26. The number of benzene rings is 1. The van der Waals surface area contributed by atoms with Gasteiger partial charge >= 0.3 is 0 Å². The van der Waals surface area contributed by atoms with Crippen LogP contribution in [0.25, 0.3) is 0 Å². The van der Waals surface area contributed by atoms with Crippen LogP contribution in [0.15, 0.2) is 18.2 Å². The molecule has 0 aliphatic heterocycles. The number of thiocarbonyl (C=S) groups is 1. The van der Waals surface area contributed by atoms with Crippen LogP contribution in [0.3, 0.4) is 0 Å². The second-order valence-electron chi connectivity index (χ2n) is 5.09. The van der Waals surface area contributed by atoms with Gasteiger partial charge in [-0.1, -0.05) is 43.0 Å². The molecule has 2 rings (SSSR count). The van der Waals surface area contributed by atoms with E-state index >= 15 is 0 Å². The molecule has 0 saturated heterocycles. The van der Waals surface area contributed by atoms with Gasteiger partial charge in [-0.15, -0.1) is 0 Å². The Morgan fingerprint density at radius 1 is 1.26 bits per heavy atom. The Bertz CT molecular complexity index is 465. The number of anilines is 1. The van der Waals surface area contributed by atoms with Crippen molar-refractivity contribution in [1.29, 1.82) is 0 Å². The molecule has 19 heavy (non-hydrogen) atoms. The molecule has 0 bridgehead atoms. The third-order valence-electron chi connectivity index (χ3n) is 3.61. The highest BCUT2D eigenvalue weighted by Gasteiger charge is 2.21. The molecule has 0 radical (unpaired) electrons. The van der Waals surface area contributed by atoms with Gasteiger partial charge in [-0.2, -0.15) is 0 Å². The van der Waals surface area contributed by atoms with E-state index in [4.69, 9.17) is 35.4 Å². The molecular weight excluding hydrogens is 299 g/mol. The smallest absolute Gasteiger partial charge is 0.171 e. The molecule has 1 saturated carbocycles. The van der Waals surface area contributed by atoms with Gasteiger partial charge in [-0.05, 0) is 49.2 Å². The second kappa shape index (κ2) is 6.78. The number of nitrogens with one attached hydrogen (secondary N) is 2. The fraction of sp³-hybridized carbons (Fsp3) is 0.500. The summed E-state index contributed by atoms with van der Waals surface area (Å²) in [6, 6.07) is 5.79. The van der Waals surface area contributed by atoms with E-state index in [-0.39, 0.29) is 0 Å². The molecule has 2 atom stereocenters. The van der Waals surface area contributed by atoms with E-state index < -0.39 is 0 Å². The van der Waals surface area contributed by atoms with Gasteiger partial charge in [-0.3, -0.25) is 0 Å². The van der Waals surface area contributed by atoms with Crippen molar-refractivity contribution in [2.75, 3.05) is 5.32 Å². The Labute approximate surface area is 129 Å². The van der Waals surface area contributed by atoms with Crippen LogP contribution in [0, 0.1) is 5.92 Å². The largest absolute Gasteiger partial charge is 0.359 e. The van der Waals surface area contributed by atoms with Gasteiger partial charge in [0, 0.05) is 11.1 Å². The van der Waals surface area contributed by atoms with Gasteiger partial charge in [-0.25, -0.2) is 0 Å². The molecule has 0 unspecified atom stereocenters. The van der Waals surface area contributed by atoms with Crippen LogP contribution in [0.2, 0.25) is 10.0 Å². The van der Waals surface area contributed by atoms with Crippen LogP contribution in [-0.4, -0.2) is 11.2 Å². The zero-order chi connectivity index (χ0) is 13.8. The Kier molecular flexibility index (Phi) is 5.31. The molecular formula is C14H18Cl2N2S. The van der Waals surface area contributed by atoms with Crippen LogP contribution in [0.4, 0.5) is 5.69 Å². The maximum Gasteiger partial charge on any atom is 0.171 e. The molecule has 0 heterocycles. The zero-order valence-corrected chi connectivity index (χ0v) is 13.2. The van der Waals surface area contributed by atoms with Crippen molar-refractivity contribution < 1.29 is 0 Å². The van der Waals surface area contributed by atoms with Gasteiger partial charge in [0.2, 0.25) is 0 Å². The third-order valence-corrected chi connectivity index (χ3v) is 4.38. The van der Waals surface area contributed by atoms with E-state index in [1.165, 1.54) is 25.7 Å². The summed E-state index contributed by atoms with van der Waals surface area (Å²) in [5, 5.41) is 8.35. The molecule has 104 valence electrons. The van der Waals surface area contributed by atoms with Crippen molar-refractivity contribution in [2.24, 2.45) is 5.92 Å². The number of halogens is 2. The first-order valence-corrected chi connectivity index (χ1v) is 7.75. The van der Waals surface area contributed by atoms with E-state index in [2.05, 4.69) is 17.6 Å². The molecule has 2 nitrogen and oxygen atoms in total. The minimum Gasteiger partial charge on any atom is -0.359 e. The lowest BCUT2D eigenvalue weighted by atomic mass is 9.86. The Hall–Kier alpha value is -0.510. The maximum atomic E-state index is 6.11. The van der Waals surface area contributed by atoms with E-state index in [1.54, 1.807) is 12.1 Å². The first-order chi connectivity index (χ1) is 9.06. The summed E-state index contributed by atoms with van der Waals surface area (Å²) in [5.74, 6) is 0.661. The topological polar surface area (TPSA) is 24.1 Å². The van der Waals surface area contributed by atoms with Crippen molar-refractivity contribution >= 4 is 46.2 Å². The summed E-state index contributed by atoms with van der Waals surface area (Å²) in [6.07, 6.45) is 5.04. The SMILES string of the molecule is C[C@H]1CCCC[C@H]1NC(=S)Nc1ccc(Cl)cc1Cl. The van der Waals surface area contributed by atoms with E-state index in [9.17, 15) is 0 Å². The molecule has 0 aromatic heterocycles. The lowest BCUT2D eigenvalue weighted by Gasteiger charge is -2.30. The van der Waals surface area contributed by atoms with Gasteiger partial charge in [0.15, 0.2) is 5.11 Å². The third kappa shape index (κ3) is 4.23. The summed E-state index contributed by atoms with van der Waals surface area (Å²) in [7, 11) is 0. The lowest BCUT2D eigenvalue weighted by Crippen LogP contribution is -2.43. The van der Waals surface area contributed by atoms with Crippen LogP contribution in [0.1, 0.15) is 32.6 Å². The minimum atomic E-state index is 0.458. The molecule has 0 spiro atoms. The summed E-state index contributed by atoms with van der Waals surface area (Å²) in [5.41, 5.74) is 0.784. The van der Waals surface area contributed by atoms with E-state index in [1.807, 2.05) is 6.07 Å². The predicted octanol–water partition coefficient (Wildman–Crippen LogP) is 4.86.